The van der Waals surface area contributed by atoms with E-state index in [9.17, 15) is 4.79 Å². The second-order valence-corrected chi connectivity index (χ2v) is 4.71. The lowest BCUT2D eigenvalue weighted by molar-refractivity contribution is -0.139. The molecule has 76 valence electrons. The van der Waals surface area contributed by atoms with E-state index in [4.69, 9.17) is 0 Å². The molecular weight excluding hydrogens is 312 g/mol. The first-order chi connectivity index (χ1) is 6.66. The summed E-state index contributed by atoms with van der Waals surface area (Å²) in [5.74, 6) is -0.282. The summed E-state index contributed by atoms with van der Waals surface area (Å²) in [4.78, 5) is 10.8. The number of ether oxygens (including phenoxy) is 1. The van der Waals surface area contributed by atoms with Crippen molar-refractivity contribution in [1.29, 1.82) is 0 Å². The third kappa shape index (κ3) is 2.82. The number of hydrogen-bond donors (Lipinski definition) is 0. The minimum atomic E-state index is -0.366. The van der Waals surface area contributed by atoms with Crippen LogP contribution in [-0.2, 0) is 9.53 Å². The Labute approximate surface area is 99.9 Å². The van der Waals surface area contributed by atoms with Crippen molar-refractivity contribution >= 4 is 37.8 Å². The highest BCUT2D eigenvalue weighted by molar-refractivity contribution is 9.12. The molecule has 0 saturated heterocycles. The Hall–Kier alpha value is -0.350. The van der Waals surface area contributed by atoms with E-state index in [-0.39, 0.29) is 15.6 Å². The molecule has 4 heteroatoms. The SMILES string of the molecule is COC(=O)[C@H](Br)[C@@H](Br)c1ccccc1. The smallest absolute Gasteiger partial charge is 0.320 e. The average Bonchev–Trinajstić information content (AvgIpc) is 2.27. The second-order valence-electron chi connectivity index (χ2n) is 2.74. The number of benzene rings is 1. The third-order valence-electron chi connectivity index (χ3n) is 1.80. The standard InChI is InChI=1S/C10H10Br2O2/c1-14-10(13)9(12)8(11)7-5-3-2-4-6-7/h2-6,8-9H,1H3/t8-,9+/m0/s1. The number of halogens is 2. The predicted molar refractivity (Wildman–Crippen MR) is 62.8 cm³/mol. The number of methoxy groups -OCH3 is 1. The molecule has 14 heavy (non-hydrogen) atoms. The summed E-state index contributed by atoms with van der Waals surface area (Å²) in [6.07, 6.45) is 0. The largest absolute Gasteiger partial charge is 0.468 e. The Balaban J connectivity index is 2.75. The Kier molecular flexibility index (Phi) is 4.62. The van der Waals surface area contributed by atoms with Gasteiger partial charge in [-0.2, -0.15) is 0 Å². The van der Waals surface area contributed by atoms with E-state index in [2.05, 4.69) is 36.6 Å². The van der Waals surface area contributed by atoms with Crippen LogP contribution in [0.5, 0.6) is 0 Å². The molecule has 1 aromatic carbocycles. The van der Waals surface area contributed by atoms with Crippen LogP contribution < -0.4 is 0 Å². The molecule has 0 unspecified atom stereocenters. The van der Waals surface area contributed by atoms with Gasteiger partial charge in [-0.3, -0.25) is 4.79 Å². The Morgan fingerprint density at radius 1 is 1.29 bits per heavy atom. The lowest BCUT2D eigenvalue weighted by Crippen LogP contribution is -2.20. The van der Waals surface area contributed by atoms with Crippen molar-refractivity contribution in [3.05, 3.63) is 35.9 Å². The molecule has 0 amide bonds. The zero-order valence-electron chi connectivity index (χ0n) is 7.61. The van der Waals surface area contributed by atoms with Crippen molar-refractivity contribution in [2.75, 3.05) is 7.11 Å². The van der Waals surface area contributed by atoms with Crippen LogP contribution >= 0.6 is 31.9 Å². The highest BCUT2D eigenvalue weighted by Crippen LogP contribution is 2.31. The maximum absolute atomic E-state index is 11.2. The Morgan fingerprint density at radius 2 is 1.86 bits per heavy atom. The molecule has 0 N–H and O–H groups in total. The summed E-state index contributed by atoms with van der Waals surface area (Å²) in [6, 6.07) is 9.71. The van der Waals surface area contributed by atoms with E-state index in [0.717, 1.165) is 5.56 Å². The predicted octanol–water partition coefficient (Wildman–Crippen LogP) is 3.06. The van der Waals surface area contributed by atoms with Crippen molar-refractivity contribution in [3.8, 4) is 0 Å². The van der Waals surface area contributed by atoms with E-state index in [1.54, 1.807) is 0 Å². The maximum atomic E-state index is 11.2. The second kappa shape index (κ2) is 5.51. The van der Waals surface area contributed by atoms with Gasteiger partial charge >= 0.3 is 5.97 Å². The quantitative estimate of drug-likeness (QED) is 0.632. The van der Waals surface area contributed by atoms with Crippen LogP contribution in [0.3, 0.4) is 0 Å². The van der Waals surface area contributed by atoms with Crippen molar-refractivity contribution in [1.82, 2.24) is 0 Å². The molecular formula is C10H10Br2O2. The fraction of sp³-hybridized carbons (Fsp3) is 0.300. The summed E-state index contributed by atoms with van der Waals surface area (Å²) < 4.78 is 4.64. The minimum absolute atomic E-state index is 0.0730. The van der Waals surface area contributed by atoms with Crippen molar-refractivity contribution in [2.45, 2.75) is 9.65 Å². The molecule has 0 saturated carbocycles. The fourth-order valence-corrected chi connectivity index (χ4v) is 2.05. The summed E-state index contributed by atoms with van der Waals surface area (Å²) in [5, 5.41) is 0. The molecule has 1 rings (SSSR count). The summed E-state index contributed by atoms with van der Waals surface area (Å²) in [5.41, 5.74) is 1.04. The summed E-state index contributed by atoms with van der Waals surface area (Å²) in [6.45, 7) is 0. The number of hydrogen-bond acceptors (Lipinski definition) is 2. The van der Waals surface area contributed by atoms with Crippen LogP contribution in [0, 0.1) is 0 Å². The molecule has 0 aliphatic carbocycles. The summed E-state index contributed by atoms with van der Waals surface area (Å²) >= 11 is 6.73. The van der Waals surface area contributed by atoms with Crippen LogP contribution in [0.4, 0.5) is 0 Å². The maximum Gasteiger partial charge on any atom is 0.320 e. The Bertz CT molecular complexity index is 300. The van der Waals surface area contributed by atoms with Gasteiger partial charge in [-0.05, 0) is 5.56 Å². The van der Waals surface area contributed by atoms with E-state index in [0.29, 0.717) is 0 Å². The van der Waals surface area contributed by atoms with Gasteiger partial charge in [0.05, 0.1) is 11.9 Å². The minimum Gasteiger partial charge on any atom is -0.468 e. The molecule has 2 atom stereocenters. The molecule has 1 aromatic rings. The first-order valence-electron chi connectivity index (χ1n) is 4.07. The van der Waals surface area contributed by atoms with E-state index < -0.39 is 0 Å². The van der Waals surface area contributed by atoms with Gasteiger partial charge in [0.2, 0.25) is 0 Å². The number of carbonyl (C=O) groups is 1. The molecule has 0 aliphatic heterocycles. The van der Waals surface area contributed by atoms with Gasteiger partial charge in [0.15, 0.2) is 0 Å². The number of esters is 1. The van der Waals surface area contributed by atoms with Gasteiger partial charge in [-0.1, -0.05) is 62.2 Å². The summed E-state index contributed by atoms with van der Waals surface area (Å²) in [7, 11) is 1.38. The van der Waals surface area contributed by atoms with Crippen LogP contribution in [-0.4, -0.2) is 17.9 Å². The molecule has 0 bridgehead atoms. The van der Waals surface area contributed by atoms with Gasteiger partial charge in [-0.25, -0.2) is 0 Å². The van der Waals surface area contributed by atoms with Crippen LogP contribution in [0.15, 0.2) is 30.3 Å². The van der Waals surface area contributed by atoms with Gasteiger partial charge in [0.1, 0.15) is 4.83 Å². The molecule has 0 heterocycles. The van der Waals surface area contributed by atoms with Crippen molar-refractivity contribution in [3.63, 3.8) is 0 Å². The highest BCUT2D eigenvalue weighted by atomic mass is 79.9. The third-order valence-corrected chi connectivity index (χ3v) is 4.47. The van der Waals surface area contributed by atoms with E-state index in [1.165, 1.54) is 7.11 Å². The monoisotopic (exact) mass is 320 g/mol. The van der Waals surface area contributed by atoms with Gasteiger partial charge in [0.25, 0.3) is 0 Å². The first-order valence-corrected chi connectivity index (χ1v) is 5.91. The highest BCUT2D eigenvalue weighted by Gasteiger charge is 2.25. The van der Waals surface area contributed by atoms with Crippen LogP contribution in [0.2, 0.25) is 0 Å². The molecule has 0 aromatic heterocycles. The van der Waals surface area contributed by atoms with Gasteiger partial charge in [-0.15, -0.1) is 0 Å². The molecule has 0 spiro atoms. The lowest BCUT2D eigenvalue weighted by atomic mass is 10.1. The topological polar surface area (TPSA) is 26.3 Å². The fourth-order valence-electron chi connectivity index (χ4n) is 1.04. The van der Waals surface area contributed by atoms with Crippen LogP contribution in [0.25, 0.3) is 0 Å². The normalized spacial score (nSPS) is 14.5. The zero-order chi connectivity index (χ0) is 10.6. The Morgan fingerprint density at radius 3 is 2.36 bits per heavy atom. The number of alkyl halides is 2. The van der Waals surface area contributed by atoms with Crippen molar-refractivity contribution in [2.24, 2.45) is 0 Å². The lowest BCUT2D eigenvalue weighted by Gasteiger charge is -2.14. The molecule has 0 aliphatic rings. The molecule has 2 nitrogen and oxygen atoms in total. The number of carbonyl (C=O) groups excluding carboxylic acids is 1. The van der Waals surface area contributed by atoms with Gasteiger partial charge in [0, 0.05) is 0 Å². The zero-order valence-corrected chi connectivity index (χ0v) is 10.8. The average molecular weight is 322 g/mol. The van der Waals surface area contributed by atoms with Gasteiger partial charge < -0.3 is 4.74 Å². The first kappa shape index (κ1) is 11.7. The molecule has 0 fully saturated rings. The van der Waals surface area contributed by atoms with Crippen LogP contribution in [0.1, 0.15) is 10.4 Å². The van der Waals surface area contributed by atoms with E-state index in [1.807, 2.05) is 30.3 Å². The van der Waals surface area contributed by atoms with E-state index >= 15 is 0 Å². The number of rotatable bonds is 3. The molecule has 0 radical (unpaired) electrons. The van der Waals surface area contributed by atoms with Crippen molar-refractivity contribution < 1.29 is 9.53 Å².